The van der Waals surface area contributed by atoms with Crippen LogP contribution in [0.2, 0.25) is 0 Å². The van der Waals surface area contributed by atoms with Crippen LogP contribution in [0.15, 0.2) is 0 Å². The Morgan fingerprint density at radius 2 is 1.13 bits per heavy atom. The molecule has 176 valence electrons. The minimum atomic E-state index is -1.76. The van der Waals surface area contributed by atoms with Crippen molar-refractivity contribution in [1.82, 2.24) is 0 Å². The number of esters is 1. The van der Waals surface area contributed by atoms with Crippen LogP contribution in [0, 0.1) is 10.8 Å². The van der Waals surface area contributed by atoms with Gasteiger partial charge >= 0.3 is 17.9 Å². The Morgan fingerprint density at radius 1 is 0.733 bits per heavy atom. The number of hydrogen-bond donors (Lipinski definition) is 3. The molecule has 0 spiro atoms. The maximum Gasteiger partial charge on any atom is 0.312 e. The average Bonchev–Trinajstić information content (AvgIpc) is 2.64. The van der Waals surface area contributed by atoms with Crippen molar-refractivity contribution >= 4 is 17.9 Å². The van der Waals surface area contributed by atoms with Crippen LogP contribution in [0.25, 0.3) is 0 Å². The maximum absolute atomic E-state index is 11.6. The highest BCUT2D eigenvalue weighted by Gasteiger charge is 2.49. The normalized spacial score (nSPS) is 14.2. The summed E-state index contributed by atoms with van der Waals surface area (Å²) in [5.41, 5.74) is -3.71. The van der Waals surface area contributed by atoms with E-state index in [9.17, 15) is 24.6 Å². The van der Waals surface area contributed by atoms with Crippen molar-refractivity contribution in [3.05, 3.63) is 0 Å². The molecule has 0 saturated heterocycles. The molecule has 0 amide bonds. The molecule has 30 heavy (non-hydrogen) atoms. The number of ether oxygens (including phenoxy) is 1. The van der Waals surface area contributed by atoms with E-state index in [1.165, 1.54) is 21.0 Å². The Morgan fingerprint density at radius 3 is 1.50 bits per heavy atom. The van der Waals surface area contributed by atoms with Crippen molar-refractivity contribution < 1.29 is 34.4 Å². The van der Waals surface area contributed by atoms with Crippen molar-refractivity contribution in [2.45, 2.75) is 110 Å². The molecular formula is C23H42O7. The summed E-state index contributed by atoms with van der Waals surface area (Å²) in [6.45, 7) is 6.58. The van der Waals surface area contributed by atoms with Gasteiger partial charge in [0.2, 0.25) is 0 Å². The number of carbonyl (C=O) groups is 3. The van der Waals surface area contributed by atoms with E-state index in [2.05, 4.69) is 0 Å². The molecule has 7 nitrogen and oxygen atoms in total. The first kappa shape index (κ1) is 28.4. The van der Waals surface area contributed by atoms with Crippen molar-refractivity contribution in [1.29, 1.82) is 0 Å². The minimum Gasteiger partial charge on any atom is -0.481 e. The fraction of sp³-hybridized carbons (Fsp3) is 0.870. The number of methoxy groups -OCH3 is 1. The van der Waals surface area contributed by atoms with E-state index in [1.54, 1.807) is 0 Å². The van der Waals surface area contributed by atoms with Crippen molar-refractivity contribution in [2.24, 2.45) is 10.8 Å². The highest BCUT2D eigenvalue weighted by atomic mass is 16.5. The van der Waals surface area contributed by atoms with Gasteiger partial charge < -0.3 is 20.1 Å². The Bertz CT molecular complexity index is 554. The molecule has 1 atom stereocenters. The first-order valence-electron chi connectivity index (χ1n) is 11.1. The fourth-order valence-corrected chi connectivity index (χ4v) is 3.67. The van der Waals surface area contributed by atoms with Crippen LogP contribution in [-0.4, -0.2) is 45.9 Å². The van der Waals surface area contributed by atoms with Crippen molar-refractivity contribution in [3.8, 4) is 0 Å². The molecule has 3 N–H and O–H groups in total. The quantitative estimate of drug-likeness (QED) is 0.224. The van der Waals surface area contributed by atoms with Crippen LogP contribution in [0.3, 0.4) is 0 Å². The first-order chi connectivity index (χ1) is 13.8. The molecule has 0 bridgehead atoms. The molecule has 0 radical (unpaired) electrons. The van der Waals surface area contributed by atoms with Gasteiger partial charge in [0.15, 0.2) is 0 Å². The molecule has 0 rings (SSSR count). The monoisotopic (exact) mass is 430 g/mol. The summed E-state index contributed by atoms with van der Waals surface area (Å²) in [5, 5.41) is 29.1. The van der Waals surface area contributed by atoms with Gasteiger partial charge in [-0.3, -0.25) is 14.4 Å². The number of carbonyl (C=O) groups excluding carboxylic acids is 1. The molecule has 0 fully saturated rings. The third kappa shape index (κ3) is 9.45. The molecule has 7 heteroatoms. The molecule has 0 aliphatic carbocycles. The lowest BCUT2D eigenvalue weighted by atomic mass is 9.70. The predicted octanol–water partition coefficient (Wildman–Crippen LogP) is 4.79. The summed E-state index contributed by atoms with van der Waals surface area (Å²) in [4.78, 5) is 34.2. The van der Waals surface area contributed by atoms with Gasteiger partial charge in [-0.15, -0.1) is 0 Å². The fourth-order valence-electron chi connectivity index (χ4n) is 3.67. The number of hydrogen-bond acceptors (Lipinski definition) is 5. The maximum atomic E-state index is 11.6. The second-order valence-corrected chi connectivity index (χ2v) is 9.59. The van der Waals surface area contributed by atoms with E-state index in [0.717, 1.165) is 57.8 Å². The number of aliphatic carboxylic acids is 2. The SMILES string of the molecule is COC(=O)C(C)(C)CCCCCCCCCCCC(O)(CC(=O)O)C(C)(C)C(=O)O. The molecule has 1 unspecified atom stereocenters. The van der Waals surface area contributed by atoms with Gasteiger partial charge in [0, 0.05) is 0 Å². The average molecular weight is 431 g/mol. The molecule has 0 heterocycles. The lowest BCUT2D eigenvalue weighted by molar-refractivity contribution is -0.171. The lowest BCUT2D eigenvalue weighted by Crippen LogP contribution is -2.51. The van der Waals surface area contributed by atoms with E-state index in [1.807, 2.05) is 13.8 Å². The molecular weight excluding hydrogens is 388 g/mol. The van der Waals surface area contributed by atoms with Gasteiger partial charge in [-0.05, 0) is 40.5 Å². The molecule has 0 aromatic rings. The van der Waals surface area contributed by atoms with Gasteiger partial charge in [-0.2, -0.15) is 0 Å². The third-order valence-corrected chi connectivity index (χ3v) is 6.27. The van der Waals surface area contributed by atoms with E-state index in [0.29, 0.717) is 6.42 Å². The van der Waals surface area contributed by atoms with Gasteiger partial charge in [0.05, 0.1) is 30.0 Å². The number of unbranched alkanes of at least 4 members (excludes halogenated alkanes) is 8. The van der Waals surface area contributed by atoms with Crippen LogP contribution in [-0.2, 0) is 19.1 Å². The van der Waals surface area contributed by atoms with E-state index >= 15 is 0 Å². The van der Waals surface area contributed by atoms with Crippen LogP contribution in [0.4, 0.5) is 0 Å². The molecule has 0 aliphatic rings. The van der Waals surface area contributed by atoms with E-state index in [4.69, 9.17) is 9.84 Å². The minimum absolute atomic E-state index is 0.161. The number of carboxylic acids is 2. The smallest absolute Gasteiger partial charge is 0.312 e. The summed E-state index contributed by atoms with van der Waals surface area (Å²) >= 11 is 0. The Kier molecular flexibility index (Phi) is 12.2. The Hall–Kier alpha value is -1.63. The standard InChI is InChI=1S/C23H42O7/c1-21(2,20(28)30-5)15-13-11-9-7-6-8-10-12-14-16-23(29,17-18(24)25)22(3,4)19(26)27/h29H,6-17H2,1-5H3,(H,24,25)(H,26,27). The zero-order valence-electron chi connectivity index (χ0n) is 19.5. The lowest BCUT2D eigenvalue weighted by Gasteiger charge is -2.38. The summed E-state index contributed by atoms with van der Waals surface area (Å²) in [6.07, 6.45) is 9.36. The van der Waals surface area contributed by atoms with E-state index in [-0.39, 0.29) is 12.4 Å². The Labute approximate surface area is 181 Å². The van der Waals surface area contributed by atoms with Crippen LogP contribution >= 0.6 is 0 Å². The molecule has 0 aromatic carbocycles. The summed E-state index contributed by atoms with van der Waals surface area (Å²) in [7, 11) is 1.42. The second-order valence-electron chi connectivity index (χ2n) is 9.59. The zero-order chi connectivity index (χ0) is 23.4. The van der Waals surface area contributed by atoms with Gasteiger partial charge in [-0.25, -0.2) is 0 Å². The molecule has 0 aliphatic heterocycles. The molecule has 0 saturated carbocycles. The second kappa shape index (κ2) is 12.9. The summed E-state index contributed by atoms with van der Waals surface area (Å²) in [6, 6.07) is 0. The third-order valence-electron chi connectivity index (χ3n) is 6.27. The van der Waals surface area contributed by atoms with Crippen molar-refractivity contribution in [2.75, 3.05) is 7.11 Å². The van der Waals surface area contributed by atoms with Gasteiger partial charge in [0.1, 0.15) is 0 Å². The number of rotatable bonds is 17. The molecule has 0 aromatic heterocycles. The predicted molar refractivity (Wildman–Crippen MR) is 115 cm³/mol. The number of carboxylic acid groups (broad SMARTS) is 2. The van der Waals surface area contributed by atoms with E-state index < -0.39 is 34.8 Å². The summed E-state index contributed by atoms with van der Waals surface area (Å²) < 4.78 is 4.81. The largest absolute Gasteiger partial charge is 0.481 e. The highest BCUT2D eigenvalue weighted by Crippen LogP contribution is 2.38. The Balaban J connectivity index is 4.01. The van der Waals surface area contributed by atoms with Crippen molar-refractivity contribution in [3.63, 3.8) is 0 Å². The van der Waals surface area contributed by atoms with Crippen LogP contribution in [0.1, 0.15) is 105 Å². The van der Waals surface area contributed by atoms with Crippen LogP contribution in [0.5, 0.6) is 0 Å². The van der Waals surface area contributed by atoms with Crippen LogP contribution < -0.4 is 0 Å². The zero-order valence-corrected chi connectivity index (χ0v) is 19.5. The number of aliphatic hydroxyl groups is 1. The topological polar surface area (TPSA) is 121 Å². The van der Waals surface area contributed by atoms with Gasteiger partial charge in [-0.1, -0.05) is 57.8 Å². The highest BCUT2D eigenvalue weighted by molar-refractivity contribution is 5.78. The van der Waals surface area contributed by atoms with Gasteiger partial charge in [0.25, 0.3) is 0 Å². The summed E-state index contributed by atoms with van der Waals surface area (Å²) in [5.74, 6) is -2.55. The first-order valence-corrected chi connectivity index (χ1v) is 11.1.